The number of allylic oxidation sites excluding steroid dienone is 1. The molecule has 0 unspecified atom stereocenters. The van der Waals surface area contributed by atoms with E-state index in [1.54, 1.807) is 0 Å². The summed E-state index contributed by atoms with van der Waals surface area (Å²) in [5.74, 6) is 0.109. The summed E-state index contributed by atoms with van der Waals surface area (Å²) < 4.78 is 10.8. The first-order chi connectivity index (χ1) is 4.81. The molecule has 0 radical (unpaired) electrons. The molecule has 1 aliphatic carbocycles. The maximum Gasteiger partial charge on any atom is 1.00 e. The maximum absolute atomic E-state index is 5.41. The monoisotopic (exact) mass is 146 g/mol. The van der Waals surface area contributed by atoms with E-state index in [1.807, 2.05) is 6.08 Å². The standard InChI is InChI=1S/C8H11O2.Li/c1-7-2-3-8(6-7)9-4-5-10-8;/h2,7H,4-6H2,1H3;/q-1;+1/t7-;/m1./s1. The van der Waals surface area contributed by atoms with Gasteiger partial charge in [-0.05, 0) is 6.42 Å². The Bertz CT molecular complexity index is 161. The summed E-state index contributed by atoms with van der Waals surface area (Å²) in [4.78, 5) is 0. The minimum Gasteiger partial charge on any atom is -0.439 e. The van der Waals surface area contributed by atoms with Crippen molar-refractivity contribution in [2.24, 2.45) is 5.92 Å². The molecule has 0 N–H and O–H groups in total. The van der Waals surface area contributed by atoms with Crippen molar-refractivity contribution in [3.05, 3.63) is 12.2 Å². The van der Waals surface area contributed by atoms with Gasteiger partial charge in [0.2, 0.25) is 0 Å². The molecule has 1 heterocycles. The molecular weight excluding hydrogens is 135 g/mol. The van der Waals surface area contributed by atoms with E-state index >= 15 is 0 Å². The molecule has 0 amide bonds. The van der Waals surface area contributed by atoms with E-state index in [1.165, 1.54) is 0 Å². The normalized spacial score (nSPS) is 32.6. The topological polar surface area (TPSA) is 18.5 Å². The van der Waals surface area contributed by atoms with Gasteiger partial charge in [0.1, 0.15) is 0 Å². The van der Waals surface area contributed by atoms with Gasteiger partial charge in [-0.25, -0.2) is 0 Å². The molecule has 1 fully saturated rings. The molecule has 0 bridgehead atoms. The third-order valence-corrected chi connectivity index (χ3v) is 1.93. The largest absolute Gasteiger partial charge is 1.00 e. The summed E-state index contributed by atoms with van der Waals surface area (Å²) in [5.41, 5.74) is 0. The van der Waals surface area contributed by atoms with Gasteiger partial charge in [0.25, 0.3) is 0 Å². The zero-order valence-electron chi connectivity index (χ0n) is 7.09. The van der Waals surface area contributed by atoms with Crippen LogP contribution in [-0.4, -0.2) is 19.0 Å². The van der Waals surface area contributed by atoms with Crippen LogP contribution in [0.2, 0.25) is 0 Å². The smallest absolute Gasteiger partial charge is 0.439 e. The summed E-state index contributed by atoms with van der Waals surface area (Å²) in [6, 6.07) is 0. The first-order valence-electron chi connectivity index (χ1n) is 3.70. The van der Waals surface area contributed by atoms with Gasteiger partial charge in [-0.3, -0.25) is 6.08 Å². The van der Waals surface area contributed by atoms with Gasteiger partial charge in [-0.15, -0.1) is 0 Å². The van der Waals surface area contributed by atoms with Crippen molar-refractivity contribution in [1.82, 2.24) is 0 Å². The number of rotatable bonds is 0. The van der Waals surface area contributed by atoms with Crippen LogP contribution >= 0.6 is 0 Å². The van der Waals surface area contributed by atoms with E-state index in [0.29, 0.717) is 19.1 Å². The SMILES string of the molecule is C[C@@H]1C=[C-]C2(C1)OCCO2.[Li+]. The van der Waals surface area contributed by atoms with E-state index in [-0.39, 0.29) is 18.9 Å². The molecule has 2 rings (SSSR count). The summed E-state index contributed by atoms with van der Waals surface area (Å²) in [7, 11) is 0. The predicted octanol–water partition coefficient (Wildman–Crippen LogP) is -1.87. The molecule has 2 aliphatic rings. The van der Waals surface area contributed by atoms with Crippen molar-refractivity contribution in [1.29, 1.82) is 0 Å². The van der Waals surface area contributed by atoms with Crippen LogP contribution in [0.5, 0.6) is 0 Å². The molecule has 1 saturated heterocycles. The molecule has 0 aromatic heterocycles. The van der Waals surface area contributed by atoms with Crippen LogP contribution in [0, 0.1) is 12.0 Å². The van der Waals surface area contributed by atoms with E-state index in [0.717, 1.165) is 6.42 Å². The van der Waals surface area contributed by atoms with Crippen LogP contribution in [0.3, 0.4) is 0 Å². The van der Waals surface area contributed by atoms with Gasteiger partial charge in [0, 0.05) is 5.79 Å². The number of ether oxygens (including phenoxy) is 2. The molecule has 3 heteroatoms. The fourth-order valence-corrected chi connectivity index (χ4v) is 1.47. The molecule has 11 heavy (non-hydrogen) atoms. The number of hydrogen-bond acceptors (Lipinski definition) is 2. The molecular formula is C8H11LiO2. The Kier molecular flexibility index (Phi) is 2.83. The van der Waals surface area contributed by atoms with Gasteiger partial charge in [-0.1, -0.05) is 12.8 Å². The Morgan fingerprint density at radius 1 is 1.45 bits per heavy atom. The van der Waals surface area contributed by atoms with E-state index in [4.69, 9.17) is 9.47 Å². The third-order valence-electron chi connectivity index (χ3n) is 1.93. The average Bonchev–Trinajstić information content (AvgIpc) is 2.46. The average molecular weight is 146 g/mol. The fraction of sp³-hybridized carbons (Fsp3) is 0.750. The summed E-state index contributed by atoms with van der Waals surface area (Å²) in [5, 5.41) is 0. The third kappa shape index (κ3) is 1.70. The van der Waals surface area contributed by atoms with Crippen molar-refractivity contribution in [2.75, 3.05) is 13.2 Å². The van der Waals surface area contributed by atoms with E-state index < -0.39 is 5.79 Å². The molecule has 1 atom stereocenters. The predicted molar refractivity (Wildman–Crippen MR) is 36.2 cm³/mol. The van der Waals surface area contributed by atoms with Gasteiger partial charge < -0.3 is 15.5 Å². The van der Waals surface area contributed by atoms with Crippen molar-refractivity contribution >= 4 is 0 Å². The van der Waals surface area contributed by atoms with Gasteiger partial charge >= 0.3 is 18.9 Å². The molecule has 0 aromatic carbocycles. The zero-order valence-corrected chi connectivity index (χ0v) is 7.09. The number of hydrogen-bond donors (Lipinski definition) is 0. The van der Waals surface area contributed by atoms with Crippen molar-refractivity contribution in [2.45, 2.75) is 19.1 Å². The Hall–Kier alpha value is 0.257. The molecule has 56 valence electrons. The molecule has 0 aromatic rings. The Balaban J connectivity index is 0.000000605. The van der Waals surface area contributed by atoms with Crippen LogP contribution in [-0.2, 0) is 9.47 Å². The van der Waals surface area contributed by atoms with Crippen molar-refractivity contribution in [3.8, 4) is 0 Å². The summed E-state index contributed by atoms with van der Waals surface area (Å²) >= 11 is 0. The Labute approximate surface area is 79.1 Å². The summed E-state index contributed by atoms with van der Waals surface area (Å²) in [6.45, 7) is 3.58. The van der Waals surface area contributed by atoms with Crippen LogP contribution in [0.1, 0.15) is 13.3 Å². The van der Waals surface area contributed by atoms with Crippen LogP contribution in [0.25, 0.3) is 0 Å². The zero-order chi connectivity index (χ0) is 7.03. The first kappa shape index (κ1) is 9.35. The Morgan fingerprint density at radius 3 is 2.55 bits per heavy atom. The Morgan fingerprint density at radius 2 is 2.09 bits per heavy atom. The second-order valence-corrected chi connectivity index (χ2v) is 2.94. The molecule has 1 aliphatic heterocycles. The molecule has 2 nitrogen and oxygen atoms in total. The first-order valence-corrected chi connectivity index (χ1v) is 3.70. The second kappa shape index (κ2) is 3.33. The van der Waals surface area contributed by atoms with Crippen molar-refractivity contribution in [3.63, 3.8) is 0 Å². The van der Waals surface area contributed by atoms with Crippen LogP contribution in [0.15, 0.2) is 6.08 Å². The van der Waals surface area contributed by atoms with Gasteiger partial charge in [-0.2, -0.15) is 0 Å². The van der Waals surface area contributed by atoms with E-state index in [2.05, 4.69) is 13.0 Å². The molecule has 0 saturated carbocycles. The fourth-order valence-electron chi connectivity index (χ4n) is 1.47. The van der Waals surface area contributed by atoms with E-state index in [9.17, 15) is 0 Å². The quantitative estimate of drug-likeness (QED) is 0.294. The van der Waals surface area contributed by atoms with Crippen LogP contribution in [0.4, 0.5) is 0 Å². The van der Waals surface area contributed by atoms with Gasteiger partial charge in [0.05, 0.1) is 13.2 Å². The van der Waals surface area contributed by atoms with Gasteiger partial charge in [0.15, 0.2) is 0 Å². The summed E-state index contributed by atoms with van der Waals surface area (Å²) in [6.07, 6.45) is 6.08. The minimum absolute atomic E-state index is 0. The second-order valence-electron chi connectivity index (χ2n) is 2.94. The minimum atomic E-state index is -0.445. The van der Waals surface area contributed by atoms with Crippen LogP contribution < -0.4 is 18.9 Å². The van der Waals surface area contributed by atoms with Crippen molar-refractivity contribution < 1.29 is 28.3 Å². The molecule has 1 spiro atoms. The maximum atomic E-state index is 5.41.